The maximum absolute atomic E-state index is 11.0. The van der Waals surface area contributed by atoms with Crippen molar-refractivity contribution in [1.82, 2.24) is 14.8 Å². The van der Waals surface area contributed by atoms with Crippen LogP contribution in [0, 0.1) is 0 Å². The number of sulfonamides is 1. The minimum Gasteiger partial charge on any atom is -0.313 e. The van der Waals surface area contributed by atoms with E-state index in [9.17, 15) is 18.0 Å². The van der Waals surface area contributed by atoms with Gasteiger partial charge in [0.2, 0.25) is 0 Å². The Kier molecular flexibility index (Phi) is 2.32. The number of aromatic amines is 2. The van der Waals surface area contributed by atoms with Crippen LogP contribution in [0.2, 0.25) is 0 Å². The first kappa shape index (κ1) is 9.64. The summed E-state index contributed by atoms with van der Waals surface area (Å²) in [5, 5.41) is 0. The molecule has 13 heavy (non-hydrogen) atoms. The van der Waals surface area contributed by atoms with E-state index in [-0.39, 0.29) is 0 Å². The maximum Gasteiger partial charge on any atom is 0.325 e. The third kappa shape index (κ3) is 1.83. The predicted molar refractivity (Wildman–Crippen MR) is 42.2 cm³/mol. The van der Waals surface area contributed by atoms with Gasteiger partial charge in [-0.15, -0.1) is 4.83 Å². The molecule has 1 heterocycles. The lowest BCUT2D eigenvalue weighted by atomic mass is 10.7. The second kappa shape index (κ2) is 3.12. The van der Waals surface area contributed by atoms with Gasteiger partial charge in [0, 0.05) is 6.20 Å². The number of hydrogen-bond donors (Lipinski definition) is 4. The van der Waals surface area contributed by atoms with Crippen LogP contribution in [0.25, 0.3) is 0 Å². The van der Waals surface area contributed by atoms with Gasteiger partial charge >= 0.3 is 5.69 Å². The van der Waals surface area contributed by atoms with Gasteiger partial charge in [0.15, 0.2) is 4.90 Å². The number of nitrogens with one attached hydrogen (secondary N) is 3. The molecule has 1 rings (SSSR count). The lowest BCUT2D eigenvalue weighted by Gasteiger charge is -1.98. The van der Waals surface area contributed by atoms with Crippen molar-refractivity contribution >= 4 is 10.0 Å². The average molecular weight is 206 g/mol. The van der Waals surface area contributed by atoms with E-state index < -0.39 is 26.2 Å². The van der Waals surface area contributed by atoms with Crippen molar-refractivity contribution in [3.63, 3.8) is 0 Å². The van der Waals surface area contributed by atoms with Crippen molar-refractivity contribution < 1.29 is 8.42 Å². The summed E-state index contributed by atoms with van der Waals surface area (Å²) in [6.45, 7) is 0. The van der Waals surface area contributed by atoms with E-state index in [4.69, 9.17) is 0 Å². The molecule has 0 atom stereocenters. The molecule has 1 aromatic rings. The first-order valence-corrected chi connectivity index (χ1v) is 4.50. The highest BCUT2D eigenvalue weighted by Gasteiger charge is 2.16. The Hall–Kier alpha value is -1.45. The minimum atomic E-state index is -4.03. The van der Waals surface area contributed by atoms with Gasteiger partial charge in [0.1, 0.15) is 0 Å². The van der Waals surface area contributed by atoms with Gasteiger partial charge in [-0.3, -0.25) is 15.6 Å². The van der Waals surface area contributed by atoms with E-state index in [1.54, 1.807) is 4.98 Å². The maximum atomic E-state index is 11.0. The molecule has 0 saturated heterocycles. The van der Waals surface area contributed by atoms with Gasteiger partial charge in [-0.1, -0.05) is 0 Å². The van der Waals surface area contributed by atoms with Crippen LogP contribution in [-0.2, 0) is 10.0 Å². The molecular weight excluding hydrogens is 200 g/mol. The predicted octanol–water partition coefficient (Wildman–Crippen LogP) is -2.78. The Morgan fingerprint density at radius 2 is 2.00 bits per heavy atom. The van der Waals surface area contributed by atoms with E-state index in [0.717, 1.165) is 6.20 Å². The normalized spacial score (nSPS) is 11.5. The SMILES string of the molecule is NNS(=O)(=O)c1c[nH]c(=O)[nH]c1=O. The molecule has 72 valence electrons. The lowest BCUT2D eigenvalue weighted by molar-refractivity contribution is 0.582. The first-order valence-electron chi connectivity index (χ1n) is 3.02. The molecule has 0 bridgehead atoms. The van der Waals surface area contributed by atoms with Crippen LogP contribution in [0.3, 0.4) is 0 Å². The van der Waals surface area contributed by atoms with Gasteiger partial charge in [-0.2, -0.15) is 0 Å². The number of H-pyrrole nitrogens is 2. The van der Waals surface area contributed by atoms with Gasteiger partial charge in [0.25, 0.3) is 15.6 Å². The van der Waals surface area contributed by atoms with E-state index in [2.05, 4.69) is 5.84 Å². The zero-order valence-electron chi connectivity index (χ0n) is 6.20. The van der Waals surface area contributed by atoms with Gasteiger partial charge in [0.05, 0.1) is 0 Å². The standard InChI is InChI=1S/C4H6N4O4S/c5-8-13(11,12)2-1-6-4(10)7-3(2)9/h1,8H,5H2,(H2,6,7,9,10). The largest absolute Gasteiger partial charge is 0.325 e. The monoisotopic (exact) mass is 206 g/mol. The second-order valence-corrected chi connectivity index (χ2v) is 3.74. The van der Waals surface area contributed by atoms with Crippen LogP contribution in [-0.4, -0.2) is 18.4 Å². The van der Waals surface area contributed by atoms with Crippen LogP contribution in [0.5, 0.6) is 0 Å². The van der Waals surface area contributed by atoms with Crippen molar-refractivity contribution in [2.75, 3.05) is 0 Å². The fourth-order valence-corrected chi connectivity index (χ4v) is 1.30. The zero-order chi connectivity index (χ0) is 10.1. The fraction of sp³-hybridized carbons (Fsp3) is 0. The van der Waals surface area contributed by atoms with Crippen LogP contribution in [0.1, 0.15) is 0 Å². The molecule has 1 aromatic heterocycles. The van der Waals surface area contributed by atoms with Gasteiger partial charge < -0.3 is 4.98 Å². The summed E-state index contributed by atoms with van der Waals surface area (Å²) < 4.78 is 21.9. The molecule has 0 radical (unpaired) electrons. The molecule has 0 amide bonds. The summed E-state index contributed by atoms with van der Waals surface area (Å²) in [6.07, 6.45) is 0.760. The van der Waals surface area contributed by atoms with Crippen molar-refractivity contribution in [2.45, 2.75) is 4.90 Å². The molecule has 0 fully saturated rings. The summed E-state index contributed by atoms with van der Waals surface area (Å²) in [5.41, 5.74) is -1.82. The van der Waals surface area contributed by atoms with E-state index >= 15 is 0 Å². The molecule has 0 unspecified atom stereocenters. The van der Waals surface area contributed by atoms with E-state index in [1.807, 2.05) is 4.98 Å². The fourth-order valence-electron chi connectivity index (χ4n) is 0.661. The molecule has 0 saturated carbocycles. The summed E-state index contributed by atoms with van der Waals surface area (Å²) in [7, 11) is -4.03. The van der Waals surface area contributed by atoms with Crippen molar-refractivity contribution in [3.05, 3.63) is 27.0 Å². The highest BCUT2D eigenvalue weighted by molar-refractivity contribution is 7.89. The number of hydrazine groups is 1. The zero-order valence-corrected chi connectivity index (χ0v) is 7.01. The second-order valence-electron chi connectivity index (χ2n) is 2.06. The molecule has 8 nitrogen and oxygen atoms in total. The molecule has 5 N–H and O–H groups in total. The summed E-state index contributed by atoms with van der Waals surface area (Å²) in [6, 6.07) is 0. The lowest BCUT2D eigenvalue weighted by Crippen LogP contribution is -2.36. The Labute approximate surface area is 71.8 Å². The summed E-state index contributed by atoms with van der Waals surface area (Å²) in [4.78, 5) is 25.9. The smallest absolute Gasteiger partial charge is 0.313 e. The quantitative estimate of drug-likeness (QED) is 0.306. The molecule has 0 spiro atoms. The van der Waals surface area contributed by atoms with Crippen molar-refractivity contribution in [2.24, 2.45) is 5.84 Å². The van der Waals surface area contributed by atoms with Crippen molar-refractivity contribution in [3.8, 4) is 0 Å². The Morgan fingerprint density at radius 1 is 1.38 bits per heavy atom. The molecule has 0 aliphatic heterocycles. The van der Waals surface area contributed by atoms with Crippen molar-refractivity contribution in [1.29, 1.82) is 0 Å². The summed E-state index contributed by atoms with van der Waals surface area (Å²) in [5.74, 6) is 4.66. The third-order valence-corrected chi connectivity index (χ3v) is 2.42. The van der Waals surface area contributed by atoms with Crippen LogP contribution in [0.4, 0.5) is 0 Å². The Bertz CT molecular complexity index is 511. The number of rotatable bonds is 2. The van der Waals surface area contributed by atoms with Crippen LogP contribution in [0.15, 0.2) is 20.7 Å². The van der Waals surface area contributed by atoms with Gasteiger partial charge in [-0.25, -0.2) is 13.2 Å². The van der Waals surface area contributed by atoms with Gasteiger partial charge in [-0.05, 0) is 0 Å². The minimum absolute atomic E-state index is 0.644. The Balaban J connectivity index is 3.51. The van der Waals surface area contributed by atoms with E-state index in [1.165, 1.54) is 4.83 Å². The van der Waals surface area contributed by atoms with Crippen LogP contribution < -0.4 is 21.9 Å². The molecule has 0 aliphatic rings. The topological polar surface area (TPSA) is 138 Å². The number of nitrogens with two attached hydrogens (primary N) is 1. The van der Waals surface area contributed by atoms with Crippen LogP contribution >= 0.6 is 0 Å². The Morgan fingerprint density at radius 3 is 2.46 bits per heavy atom. The third-order valence-electron chi connectivity index (χ3n) is 1.23. The summed E-state index contributed by atoms with van der Waals surface area (Å²) >= 11 is 0. The number of hydrogen-bond acceptors (Lipinski definition) is 5. The highest BCUT2D eigenvalue weighted by atomic mass is 32.2. The molecule has 0 aliphatic carbocycles. The highest BCUT2D eigenvalue weighted by Crippen LogP contribution is 1.94. The molecular formula is C4H6N4O4S. The number of aromatic nitrogens is 2. The first-order chi connectivity index (χ1) is 5.97. The van der Waals surface area contributed by atoms with E-state index in [0.29, 0.717) is 0 Å². The average Bonchev–Trinajstić information content (AvgIpc) is 2.03. The molecule has 9 heteroatoms. The molecule has 0 aromatic carbocycles.